The maximum atomic E-state index is 11.5. The van der Waals surface area contributed by atoms with Gasteiger partial charge in [-0.15, -0.1) is 0 Å². The number of aryl methyl sites for hydroxylation is 1. The number of nitrogens with one attached hydrogen (secondary N) is 1. The zero-order chi connectivity index (χ0) is 11.5. The number of carbonyl (C=O) groups is 1. The molecular weight excluding hydrogens is 202 g/mol. The molecule has 3 nitrogen and oxygen atoms in total. The van der Waals surface area contributed by atoms with Crippen LogP contribution in [0.2, 0.25) is 0 Å². The Morgan fingerprint density at radius 3 is 2.50 bits per heavy atom. The minimum atomic E-state index is -0.347. The maximum absolute atomic E-state index is 11.5. The Morgan fingerprint density at radius 2 is 1.88 bits per heavy atom. The Bertz CT molecular complexity index is 497. The molecule has 0 aliphatic rings. The number of aromatic amines is 1. The van der Waals surface area contributed by atoms with Gasteiger partial charge in [0.05, 0.1) is 7.11 Å². The second kappa shape index (κ2) is 4.23. The van der Waals surface area contributed by atoms with Crippen molar-refractivity contribution in [1.82, 2.24) is 4.98 Å². The molecule has 0 amide bonds. The highest BCUT2D eigenvalue weighted by molar-refractivity contribution is 5.95. The van der Waals surface area contributed by atoms with Gasteiger partial charge in [-0.25, -0.2) is 4.79 Å². The number of carbonyl (C=O) groups excluding carboxylic acids is 1. The van der Waals surface area contributed by atoms with E-state index < -0.39 is 0 Å². The smallest absolute Gasteiger partial charge is 0.355 e. The van der Waals surface area contributed by atoms with Crippen LogP contribution in [-0.2, 0) is 4.74 Å². The number of H-pyrrole nitrogens is 1. The first-order valence-electron chi connectivity index (χ1n) is 5.05. The number of ether oxygens (including phenoxy) is 1. The molecule has 0 atom stereocenters. The first kappa shape index (κ1) is 10.5. The van der Waals surface area contributed by atoms with E-state index >= 15 is 0 Å². The average Bonchev–Trinajstić information content (AvgIpc) is 2.78. The van der Waals surface area contributed by atoms with Crippen LogP contribution < -0.4 is 0 Å². The Balaban J connectivity index is 2.44. The Hall–Kier alpha value is -2.03. The summed E-state index contributed by atoms with van der Waals surface area (Å²) in [4.78, 5) is 14.4. The molecule has 0 aliphatic carbocycles. The minimum Gasteiger partial charge on any atom is -0.464 e. The molecule has 1 N–H and O–H groups in total. The van der Waals surface area contributed by atoms with Crippen LogP contribution >= 0.6 is 0 Å². The fourth-order valence-electron chi connectivity index (χ4n) is 1.61. The number of hydrogen-bond donors (Lipinski definition) is 1. The number of aromatic nitrogens is 1. The standard InChI is InChI=1S/C13H13NO2/c1-9-3-5-10(6-4-9)11-7-8-14-12(11)13(15)16-2/h3-8,14H,1-2H3. The molecule has 0 spiro atoms. The number of methoxy groups -OCH3 is 1. The highest BCUT2D eigenvalue weighted by Crippen LogP contribution is 2.23. The Kier molecular flexibility index (Phi) is 2.77. The normalized spacial score (nSPS) is 10.1. The molecular formula is C13H13NO2. The van der Waals surface area contributed by atoms with Gasteiger partial charge in [0.25, 0.3) is 0 Å². The summed E-state index contributed by atoms with van der Waals surface area (Å²) in [5, 5.41) is 0. The third kappa shape index (κ3) is 1.84. The quantitative estimate of drug-likeness (QED) is 0.783. The molecule has 82 valence electrons. The summed E-state index contributed by atoms with van der Waals surface area (Å²) in [5.74, 6) is -0.347. The lowest BCUT2D eigenvalue weighted by molar-refractivity contribution is 0.0596. The number of rotatable bonds is 2. The van der Waals surface area contributed by atoms with Gasteiger partial charge in [-0.05, 0) is 18.6 Å². The van der Waals surface area contributed by atoms with E-state index in [1.165, 1.54) is 12.7 Å². The lowest BCUT2D eigenvalue weighted by atomic mass is 10.0. The molecule has 0 radical (unpaired) electrons. The van der Waals surface area contributed by atoms with Crippen molar-refractivity contribution in [3.8, 4) is 11.1 Å². The number of benzene rings is 1. The van der Waals surface area contributed by atoms with Gasteiger partial charge in [-0.3, -0.25) is 0 Å². The summed E-state index contributed by atoms with van der Waals surface area (Å²) in [7, 11) is 1.38. The molecule has 16 heavy (non-hydrogen) atoms. The molecule has 2 aromatic rings. The van der Waals surface area contributed by atoms with E-state index in [2.05, 4.69) is 4.98 Å². The van der Waals surface area contributed by atoms with Crippen molar-refractivity contribution < 1.29 is 9.53 Å². The molecule has 0 fully saturated rings. The van der Waals surface area contributed by atoms with Gasteiger partial charge < -0.3 is 9.72 Å². The molecule has 0 saturated heterocycles. The summed E-state index contributed by atoms with van der Waals surface area (Å²) in [6, 6.07) is 9.89. The van der Waals surface area contributed by atoms with Gasteiger partial charge >= 0.3 is 5.97 Å². The molecule has 2 rings (SSSR count). The fraction of sp³-hybridized carbons (Fsp3) is 0.154. The molecule has 3 heteroatoms. The largest absolute Gasteiger partial charge is 0.464 e. The van der Waals surface area contributed by atoms with Crippen LogP contribution in [0.1, 0.15) is 16.1 Å². The SMILES string of the molecule is COC(=O)c1[nH]ccc1-c1ccc(C)cc1. The van der Waals surface area contributed by atoms with Crippen LogP contribution in [-0.4, -0.2) is 18.1 Å². The predicted molar refractivity (Wildman–Crippen MR) is 62.3 cm³/mol. The van der Waals surface area contributed by atoms with Gasteiger partial charge in [0.2, 0.25) is 0 Å². The van der Waals surface area contributed by atoms with E-state index in [0.29, 0.717) is 5.69 Å². The predicted octanol–water partition coefficient (Wildman–Crippen LogP) is 2.78. The maximum Gasteiger partial charge on any atom is 0.355 e. The van der Waals surface area contributed by atoms with Crippen molar-refractivity contribution in [2.45, 2.75) is 6.92 Å². The summed E-state index contributed by atoms with van der Waals surface area (Å²) >= 11 is 0. The number of hydrogen-bond acceptors (Lipinski definition) is 2. The molecule has 0 bridgehead atoms. The van der Waals surface area contributed by atoms with Crippen LogP contribution in [0, 0.1) is 6.92 Å². The molecule has 0 unspecified atom stereocenters. The molecule has 0 saturated carbocycles. The van der Waals surface area contributed by atoms with Crippen molar-refractivity contribution in [2.24, 2.45) is 0 Å². The topological polar surface area (TPSA) is 42.1 Å². The minimum absolute atomic E-state index is 0.347. The molecule has 1 aromatic carbocycles. The fourth-order valence-corrected chi connectivity index (χ4v) is 1.61. The van der Waals surface area contributed by atoms with Gasteiger partial charge in [-0.1, -0.05) is 29.8 Å². The Morgan fingerprint density at radius 1 is 1.19 bits per heavy atom. The van der Waals surface area contributed by atoms with E-state index in [-0.39, 0.29) is 5.97 Å². The highest BCUT2D eigenvalue weighted by atomic mass is 16.5. The van der Waals surface area contributed by atoms with Crippen molar-refractivity contribution in [3.05, 3.63) is 47.8 Å². The van der Waals surface area contributed by atoms with Crippen molar-refractivity contribution in [2.75, 3.05) is 7.11 Å². The van der Waals surface area contributed by atoms with Crippen molar-refractivity contribution in [1.29, 1.82) is 0 Å². The number of esters is 1. The van der Waals surface area contributed by atoms with E-state index in [9.17, 15) is 4.79 Å². The first-order valence-corrected chi connectivity index (χ1v) is 5.05. The van der Waals surface area contributed by atoms with Crippen LogP contribution in [0.15, 0.2) is 36.5 Å². The summed E-state index contributed by atoms with van der Waals surface area (Å²) in [5.41, 5.74) is 3.56. The second-order valence-electron chi connectivity index (χ2n) is 3.62. The average molecular weight is 215 g/mol. The van der Waals surface area contributed by atoms with E-state index in [4.69, 9.17) is 4.74 Å². The molecule has 1 aromatic heterocycles. The van der Waals surface area contributed by atoms with Crippen LogP contribution in [0.5, 0.6) is 0 Å². The summed E-state index contributed by atoms with van der Waals surface area (Å²) in [6.45, 7) is 2.03. The van der Waals surface area contributed by atoms with E-state index in [1.807, 2.05) is 37.3 Å². The van der Waals surface area contributed by atoms with Crippen LogP contribution in [0.3, 0.4) is 0 Å². The summed E-state index contributed by atoms with van der Waals surface area (Å²) < 4.78 is 4.71. The lowest BCUT2D eigenvalue weighted by Crippen LogP contribution is -2.03. The third-order valence-electron chi connectivity index (χ3n) is 2.50. The molecule has 0 aliphatic heterocycles. The Labute approximate surface area is 94.1 Å². The van der Waals surface area contributed by atoms with E-state index in [1.54, 1.807) is 6.20 Å². The van der Waals surface area contributed by atoms with Crippen LogP contribution in [0.25, 0.3) is 11.1 Å². The zero-order valence-electron chi connectivity index (χ0n) is 9.28. The van der Waals surface area contributed by atoms with Gasteiger partial charge in [0.15, 0.2) is 0 Å². The first-order chi connectivity index (χ1) is 7.72. The summed E-state index contributed by atoms with van der Waals surface area (Å²) in [6.07, 6.45) is 1.74. The van der Waals surface area contributed by atoms with Gasteiger partial charge in [0, 0.05) is 11.8 Å². The zero-order valence-corrected chi connectivity index (χ0v) is 9.28. The van der Waals surface area contributed by atoms with E-state index in [0.717, 1.165) is 11.1 Å². The second-order valence-corrected chi connectivity index (χ2v) is 3.62. The van der Waals surface area contributed by atoms with Gasteiger partial charge in [0.1, 0.15) is 5.69 Å². The monoisotopic (exact) mass is 215 g/mol. The molecule has 1 heterocycles. The highest BCUT2D eigenvalue weighted by Gasteiger charge is 2.13. The van der Waals surface area contributed by atoms with Crippen molar-refractivity contribution >= 4 is 5.97 Å². The van der Waals surface area contributed by atoms with Crippen LogP contribution in [0.4, 0.5) is 0 Å². The third-order valence-corrected chi connectivity index (χ3v) is 2.50. The van der Waals surface area contributed by atoms with Crippen molar-refractivity contribution in [3.63, 3.8) is 0 Å². The van der Waals surface area contributed by atoms with Gasteiger partial charge in [-0.2, -0.15) is 0 Å². The lowest BCUT2D eigenvalue weighted by Gasteiger charge is -2.03.